The second kappa shape index (κ2) is 7.70. The van der Waals surface area contributed by atoms with Gasteiger partial charge >= 0.3 is 5.63 Å². The van der Waals surface area contributed by atoms with Crippen molar-refractivity contribution in [3.8, 4) is 16.9 Å². The van der Waals surface area contributed by atoms with Gasteiger partial charge in [-0.25, -0.2) is 4.79 Å². The smallest absolute Gasteiger partial charge is 0.344 e. The van der Waals surface area contributed by atoms with E-state index in [9.17, 15) is 4.79 Å². The Balaban J connectivity index is 1.69. The molecule has 4 aromatic rings. The molecule has 0 bridgehead atoms. The van der Waals surface area contributed by atoms with Gasteiger partial charge < -0.3 is 9.15 Å². The number of rotatable bonds is 4. The third kappa shape index (κ3) is 3.64. The van der Waals surface area contributed by atoms with E-state index in [0.717, 1.165) is 22.1 Å². The maximum Gasteiger partial charge on any atom is 0.344 e. The van der Waals surface area contributed by atoms with Crippen LogP contribution in [0.25, 0.3) is 22.1 Å². The Kier molecular flexibility index (Phi) is 5.12. The van der Waals surface area contributed by atoms with Crippen molar-refractivity contribution >= 4 is 34.2 Å². The van der Waals surface area contributed by atoms with Crippen LogP contribution < -0.4 is 10.4 Å². The molecule has 0 aliphatic rings. The van der Waals surface area contributed by atoms with Gasteiger partial charge in [-0.15, -0.1) is 0 Å². The molecule has 1 heterocycles. The largest absolute Gasteiger partial charge is 0.489 e. The van der Waals surface area contributed by atoms with Crippen molar-refractivity contribution in [1.82, 2.24) is 0 Å². The highest BCUT2D eigenvalue weighted by Crippen LogP contribution is 2.30. The van der Waals surface area contributed by atoms with E-state index in [4.69, 9.17) is 32.4 Å². The summed E-state index contributed by atoms with van der Waals surface area (Å²) in [4.78, 5) is 12.6. The van der Waals surface area contributed by atoms with Crippen molar-refractivity contribution < 1.29 is 9.15 Å². The zero-order valence-electron chi connectivity index (χ0n) is 15.0. The molecule has 0 aliphatic carbocycles. The molecule has 0 saturated heterocycles. The van der Waals surface area contributed by atoms with Crippen molar-refractivity contribution in [3.63, 3.8) is 0 Å². The summed E-state index contributed by atoms with van der Waals surface area (Å²) in [5.74, 6) is 0.606. The third-order valence-corrected chi connectivity index (χ3v) is 5.24. The van der Waals surface area contributed by atoms with Gasteiger partial charge in [0.15, 0.2) is 0 Å². The van der Waals surface area contributed by atoms with Gasteiger partial charge in [0, 0.05) is 27.1 Å². The van der Waals surface area contributed by atoms with Gasteiger partial charge in [-0.05, 0) is 48.4 Å². The minimum atomic E-state index is -0.393. The van der Waals surface area contributed by atoms with Gasteiger partial charge in [-0.2, -0.15) is 0 Å². The molecule has 5 heteroatoms. The van der Waals surface area contributed by atoms with Crippen LogP contribution in [0.1, 0.15) is 11.1 Å². The molecule has 0 saturated carbocycles. The van der Waals surface area contributed by atoms with Gasteiger partial charge in [0.2, 0.25) is 0 Å². The van der Waals surface area contributed by atoms with Crippen LogP contribution in [0.2, 0.25) is 10.0 Å². The van der Waals surface area contributed by atoms with E-state index < -0.39 is 5.63 Å². The molecule has 140 valence electrons. The minimum Gasteiger partial charge on any atom is -0.489 e. The lowest BCUT2D eigenvalue weighted by Gasteiger charge is -2.11. The van der Waals surface area contributed by atoms with Gasteiger partial charge in [0.1, 0.15) is 17.9 Å². The van der Waals surface area contributed by atoms with Crippen molar-refractivity contribution in [3.05, 3.63) is 98.3 Å². The summed E-state index contributed by atoms with van der Waals surface area (Å²) in [6.45, 7) is 2.24. The molecular weight excluding hydrogens is 395 g/mol. The van der Waals surface area contributed by atoms with E-state index in [1.54, 1.807) is 18.2 Å². The topological polar surface area (TPSA) is 39.4 Å². The predicted molar refractivity (Wildman–Crippen MR) is 113 cm³/mol. The monoisotopic (exact) mass is 410 g/mol. The molecule has 0 atom stereocenters. The van der Waals surface area contributed by atoms with Crippen LogP contribution in [0.3, 0.4) is 0 Å². The number of fused-ring (bicyclic) bond motifs is 1. The normalized spacial score (nSPS) is 11.0. The van der Waals surface area contributed by atoms with E-state index in [1.807, 2.05) is 55.5 Å². The van der Waals surface area contributed by atoms with E-state index >= 15 is 0 Å². The SMILES string of the molecule is Cc1c(-c2ccc(Cl)cc2)c(=O)oc2cc(OCc3ccccc3Cl)ccc12. The van der Waals surface area contributed by atoms with E-state index in [2.05, 4.69) is 0 Å². The molecule has 0 aliphatic heterocycles. The summed E-state index contributed by atoms with van der Waals surface area (Å²) in [6, 6.07) is 20.1. The molecule has 28 heavy (non-hydrogen) atoms. The first-order valence-corrected chi connectivity index (χ1v) is 9.48. The van der Waals surface area contributed by atoms with Crippen LogP contribution in [0, 0.1) is 6.92 Å². The Hall–Kier alpha value is -2.75. The Bertz CT molecular complexity index is 1210. The van der Waals surface area contributed by atoms with Crippen LogP contribution in [-0.4, -0.2) is 0 Å². The highest BCUT2D eigenvalue weighted by molar-refractivity contribution is 6.31. The Morgan fingerprint density at radius 3 is 2.46 bits per heavy atom. The lowest BCUT2D eigenvalue weighted by molar-refractivity contribution is 0.306. The summed E-state index contributed by atoms with van der Waals surface area (Å²) in [5, 5.41) is 2.12. The lowest BCUT2D eigenvalue weighted by Crippen LogP contribution is -2.06. The van der Waals surface area contributed by atoms with Crippen molar-refractivity contribution in [2.24, 2.45) is 0 Å². The van der Waals surface area contributed by atoms with E-state index in [0.29, 0.717) is 33.5 Å². The molecule has 3 aromatic carbocycles. The van der Waals surface area contributed by atoms with Crippen LogP contribution in [0.5, 0.6) is 5.75 Å². The van der Waals surface area contributed by atoms with E-state index in [1.165, 1.54) is 0 Å². The van der Waals surface area contributed by atoms with Crippen LogP contribution in [-0.2, 0) is 6.61 Å². The summed E-state index contributed by atoms with van der Waals surface area (Å²) in [7, 11) is 0. The number of benzene rings is 3. The fourth-order valence-corrected chi connectivity index (χ4v) is 3.47. The van der Waals surface area contributed by atoms with Crippen LogP contribution in [0.15, 0.2) is 75.9 Å². The fraction of sp³-hybridized carbons (Fsp3) is 0.0870. The number of ether oxygens (including phenoxy) is 1. The fourth-order valence-electron chi connectivity index (χ4n) is 3.15. The molecular formula is C23H16Cl2O3. The summed E-state index contributed by atoms with van der Waals surface area (Å²) >= 11 is 12.1. The number of hydrogen-bond acceptors (Lipinski definition) is 3. The summed E-state index contributed by atoms with van der Waals surface area (Å²) < 4.78 is 11.4. The molecule has 1 aromatic heterocycles. The third-order valence-electron chi connectivity index (χ3n) is 4.62. The van der Waals surface area contributed by atoms with E-state index in [-0.39, 0.29) is 0 Å². The molecule has 4 rings (SSSR count). The first kappa shape index (κ1) is 18.6. The van der Waals surface area contributed by atoms with Crippen molar-refractivity contribution in [1.29, 1.82) is 0 Å². The first-order chi connectivity index (χ1) is 13.5. The van der Waals surface area contributed by atoms with Crippen LogP contribution >= 0.6 is 23.2 Å². The molecule has 0 spiro atoms. The van der Waals surface area contributed by atoms with Gasteiger partial charge in [-0.1, -0.05) is 53.5 Å². The maximum absolute atomic E-state index is 12.6. The first-order valence-electron chi connectivity index (χ1n) is 8.72. The van der Waals surface area contributed by atoms with Gasteiger partial charge in [0.05, 0.1) is 5.56 Å². The molecule has 0 radical (unpaired) electrons. The minimum absolute atomic E-state index is 0.331. The average Bonchev–Trinajstić information content (AvgIpc) is 2.68. The molecule has 0 amide bonds. The quantitative estimate of drug-likeness (QED) is 0.353. The second-order valence-corrected chi connectivity index (χ2v) is 7.28. The Morgan fingerprint density at radius 2 is 1.71 bits per heavy atom. The second-order valence-electron chi connectivity index (χ2n) is 6.43. The van der Waals surface area contributed by atoms with Gasteiger partial charge in [-0.3, -0.25) is 0 Å². The maximum atomic E-state index is 12.6. The Labute approximate surface area is 172 Å². The summed E-state index contributed by atoms with van der Waals surface area (Å²) in [5.41, 5.74) is 3.14. The Morgan fingerprint density at radius 1 is 0.964 bits per heavy atom. The zero-order chi connectivity index (χ0) is 19.7. The van der Waals surface area contributed by atoms with Crippen LogP contribution in [0.4, 0.5) is 0 Å². The van der Waals surface area contributed by atoms with Gasteiger partial charge in [0.25, 0.3) is 0 Å². The number of aryl methyl sites for hydroxylation is 1. The molecule has 0 unspecified atom stereocenters. The lowest BCUT2D eigenvalue weighted by atomic mass is 10.00. The number of halogens is 2. The molecule has 0 fully saturated rings. The standard InChI is InChI=1S/C23H16Cl2O3/c1-14-19-11-10-18(27-13-16-4-2-3-5-20(16)25)12-21(19)28-23(26)22(14)15-6-8-17(24)9-7-15/h2-12H,13H2,1H3. The predicted octanol–water partition coefficient (Wildman–Crippen LogP) is 6.65. The average molecular weight is 411 g/mol. The highest BCUT2D eigenvalue weighted by atomic mass is 35.5. The highest BCUT2D eigenvalue weighted by Gasteiger charge is 2.14. The summed E-state index contributed by atoms with van der Waals surface area (Å²) in [6.07, 6.45) is 0. The molecule has 0 N–H and O–H groups in total. The zero-order valence-corrected chi connectivity index (χ0v) is 16.6. The number of hydrogen-bond donors (Lipinski definition) is 0. The van der Waals surface area contributed by atoms with Crippen molar-refractivity contribution in [2.45, 2.75) is 13.5 Å². The molecule has 3 nitrogen and oxygen atoms in total. The van der Waals surface area contributed by atoms with Crippen molar-refractivity contribution in [2.75, 3.05) is 0 Å².